The number of rotatable bonds is 3. The van der Waals surface area contributed by atoms with Gasteiger partial charge in [0.2, 0.25) is 0 Å². The number of hydrogen-bond acceptors (Lipinski definition) is 1. The van der Waals surface area contributed by atoms with Gasteiger partial charge in [-0.1, -0.05) is 48.0 Å². The third kappa shape index (κ3) is 3.14. The summed E-state index contributed by atoms with van der Waals surface area (Å²) in [5.74, 6) is 2.17. The second-order valence-corrected chi connectivity index (χ2v) is 4.40. The first-order valence-electron chi connectivity index (χ1n) is 4.96. The van der Waals surface area contributed by atoms with Crippen LogP contribution in [0.4, 0.5) is 0 Å². The molecule has 0 atom stereocenters. The lowest BCUT2D eigenvalue weighted by Gasteiger charge is -2.01. The fourth-order valence-corrected chi connectivity index (χ4v) is 2.01. The molecule has 0 saturated carbocycles. The van der Waals surface area contributed by atoms with Crippen molar-refractivity contribution in [2.24, 2.45) is 0 Å². The summed E-state index contributed by atoms with van der Waals surface area (Å²) in [5.41, 5.74) is 2.56. The van der Waals surface area contributed by atoms with Crippen molar-refractivity contribution in [3.8, 4) is 0 Å². The van der Waals surface area contributed by atoms with Gasteiger partial charge in [-0.3, -0.25) is 0 Å². The number of thioether (sulfide) groups is 1. The molecule has 2 aromatic rings. The van der Waals surface area contributed by atoms with E-state index < -0.39 is 0 Å². The van der Waals surface area contributed by atoms with Crippen molar-refractivity contribution in [3.63, 3.8) is 0 Å². The maximum absolute atomic E-state index is 2.17. The van der Waals surface area contributed by atoms with Crippen molar-refractivity contribution < 1.29 is 0 Å². The van der Waals surface area contributed by atoms with Crippen molar-refractivity contribution in [1.29, 1.82) is 0 Å². The molecular formula is C14H13S. The maximum atomic E-state index is 2.17. The average molecular weight is 213 g/mol. The second kappa shape index (κ2) is 5.04. The van der Waals surface area contributed by atoms with Crippen LogP contribution in [0.15, 0.2) is 59.5 Å². The predicted molar refractivity (Wildman–Crippen MR) is 66.9 cm³/mol. The van der Waals surface area contributed by atoms with Crippen LogP contribution in [0.2, 0.25) is 0 Å². The van der Waals surface area contributed by atoms with Gasteiger partial charge in [0.1, 0.15) is 0 Å². The molecule has 0 nitrogen and oxygen atoms in total. The van der Waals surface area contributed by atoms with E-state index in [-0.39, 0.29) is 0 Å². The highest BCUT2D eigenvalue weighted by atomic mass is 32.2. The maximum Gasteiger partial charge on any atom is 0.0507 e. The Kier molecular flexibility index (Phi) is 3.46. The molecule has 0 heterocycles. The minimum absolute atomic E-state index is 1.25. The lowest BCUT2D eigenvalue weighted by Crippen LogP contribution is -1.77. The molecule has 1 radical (unpaired) electrons. The van der Waals surface area contributed by atoms with Crippen LogP contribution in [0.3, 0.4) is 0 Å². The molecule has 0 aliphatic heterocycles. The molecule has 1 heteroatoms. The van der Waals surface area contributed by atoms with Crippen LogP contribution in [0.5, 0.6) is 0 Å². The smallest absolute Gasteiger partial charge is 0.0507 e. The summed E-state index contributed by atoms with van der Waals surface area (Å²) in [5, 5.41) is 0. The first-order valence-corrected chi connectivity index (χ1v) is 5.84. The molecule has 75 valence electrons. The van der Waals surface area contributed by atoms with Gasteiger partial charge < -0.3 is 0 Å². The zero-order valence-electron chi connectivity index (χ0n) is 8.68. The third-order valence-electron chi connectivity index (χ3n) is 2.15. The molecule has 0 amide bonds. The molecule has 2 rings (SSSR count). The second-order valence-electron chi connectivity index (χ2n) is 3.46. The topological polar surface area (TPSA) is 0 Å². The van der Waals surface area contributed by atoms with Crippen molar-refractivity contribution >= 4 is 11.8 Å². The van der Waals surface area contributed by atoms with Gasteiger partial charge in [-0.2, -0.15) is 0 Å². The van der Waals surface area contributed by atoms with Crippen LogP contribution in [0.1, 0.15) is 11.1 Å². The van der Waals surface area contributed by atoms with E-state index in [0.29, 0.717) is 0 Å². The summed E-state index contributed by atoms with van der Waals surface area (Å²) < 4.78 is 0. The highest BCUT2D eigenvalue weighted by Gasteiger charge is 1.95. The first kappa shape index (κ1) is 10.3. The van der Waals surface area contributed by atoms with E-state index in [4.69, 9.17) is 0 Å². The third-order valence-corrected chi connectivity index (χ3v) is 3.09. The average Bonchev–Trinajstić information content (AvgIpc) is 2.30. The van der Waals surface area contributed by atoms with E-state index in [1.807, 2.05) is 6.07 Å². The van der Waals surface area contributed by atoms with Gasteiger partial charge in [0, 0.05) is 4.90 Å². The van der Waals surface area contributed by atoms with E-state index in [1.165, 1.54) is 16.0 Å². The molecule has 0 N–H and O–H groups in total. The van der Waals surface area contributed by atoms with E-state index in [0.717, 1.165) is 0 Å². The monoisotopic (exact) mass is 213 g/mol. The Morgan fingerprint density at radius 3 is 2.20 bits per heavy atom. The van der Waals surface area contributed by atoms with E-state index in [1.54, 1.807) is 11.8 Å². The molecule has 2 aromatic carbocycles. The predicted octanol–water partition coefficient (Wildman–Crippen LogP) is 4.30. The Bertz CT molecular complexity index is 403. The molecule has 0 spiro atoms. The lowest BCUT2D eigenvalue weighted by molar-refractivity contribution is 1.38. The van der Waals surface area contributed by atoms with Gasteiger partial charge in [-0.25, -0.2) is 0 Å². The van der Waals surface area contributed by atoms with E-state index >= 15 is 0 Å². The minimum Gasteiger partial charge on any atom is -0.116 e. The van der Waals surface area contributed by atoms with Crippen molar-refractivity contribution in [3.05, 3.63) is 71.5 Å². The Labute approximate surface area is 95.3 Å². The fourth-order valence-electron chi connectivity index (χ4n) is 1.28. The van der Waals surface area contributed by atoms with Crippen LogP contribution < -0.4 is 0 Å². The number of aryl methyl sites for hydroxylation is 1. The summed E-state index contributed by atoms with van der Waals surface area (Å²) in [6.07, 6.45) is 0. The Hall–Kier alpha value is -1.21. The molecule has 0 aliphatic carbocycles. The van der Waals surface area contributed by atoms with Gasteiger partial charge in [0.05, 0.1) is 5.75 Å². The van der Waals surface area contributed by atoms with Gasteiger partial charge in [-0.15, -0.1) is 11.8 Å². The molecule has 0 bridgehead atoms. The fraction of sp³-hybridized carbons (Fsp3) is 0.0714. The molecule has 15 heavy (non-hydrogen) atoms. The van der Waals surface area contributed by atoms with Crippen LogP contribution in [0.25, 0.3) is 0 Å². The van der Waals surface area contributed by atoms with E-state index in [9.17, 15) is 0 Å². The molecular weight excluding hydrogens is 200 g/mol. The Morgan fingerprint density at radius 1 is 0.867 bits per heavy atom. The summed E-state index contributed by atoms with van der Waals surface area (Å²) in [4.78, 5) is 1.28. The highest BCUT2D eigenvalue weighted by Crippen LogP contribution is 2.24. The van der Waals surface area contributed by atoms with Crippen LogP contribution >= 0.6 is 11.8 Å². The van der Waals surface area contributed by atoms with Crippen molar-refractivity contribution in [1.82, 2.24) is 0 Å². The quantitative estimate of drug-likeness (QED) is 0.685. The number of benzene rings is 2. The highest BCUT2D eigenvalue weighted by molar-refractivity contribution is 8.01. The Morgan fingerprint density at radius 2 is 1.53 bits per heavy atom. The van der Waals surface area contributed by atoms with Crippen LogP contribution in [-0.2, 0) is 0 Å². The molecule has 0 unspecified atom stereocenters. The molecule has 0 saturated heterocycles. The molecule has 0 aromatic heterocycles. The standard InChI is InChI=1S/C14H13S/c1-12-7-9-14(10-8-12)15-11-13-5-3-2-4-6-13/h2-11H,1H3. The summed E-state index contributed by atoms with van der Waals surface area (Å²) in [6, 6.07) is 19.0. The van der Waals surface area contributed by atoms with E-state index in [2.05, 4.69) is 61.2 Å². The zero-order valence-corrected chi connectivity index (χ0v) is 9.50. The van der Waals surface area contributed by atoms with Crippen LogP contribution in [-0.4, -0.2) is 0 Å². The normalized spacial score (nSPS) is 10.2. The number of hydrogen-bond donors (Lipinski definition) is 0. The summed E-state index contributed by atoms with van der Waals surface area (Å²) in [6.45, 7) is 2.11. The van der Waals surface area contributed by atoms with Gasteiger partial charge in [0.25, 0.3) is 0 Å². The van der Waals surface area contributed by atoms with Gasteiger partial charge in [-0.05, 0) is 24.6 Å². The van der Waals surface area contributed by atoms with Crippen LogP contribution in [0, 0.1) is 12.7 Å². The lowest BCUT2D eigenvalue weighted by atomic mass is 10.2. The van der Waals surface area contributed by atoms with Crippen molar-refractivity contribution in [2.75, 3.05) is 0 Å². The molecule has 0 aliphatic rings. The Balaban J connectivity index is 1.96. The summed E-state index contributed by atoms with van der Waals surface area (Å²) >= 11 is 1.76. The van der Waals surface area contributed by atoms with Gasteiger partial charge >= 0.3 is 0 Å². The largest absolute Gasteiger partial charge is 0.116 e. The minimum atomic E-state index is 1.25. The summed E-state index contributed by atoms with van der Waals surface area (Å²) in [7, 11) is 0. The van der Waals surface area contributed by atoms with Crippen molar-refractivity contribution in [2.45, 2.75) is 11.8 Å². The zero-order chi connectivity index (χ0) is 10.5. The first-order chi connectivity index (χ1) is 7.34. The van der Waals surface area contributed by atoms with Gasteiger partial charge in [0.15, 0.2) is 0 Å². The SMILES string of the molecule is Cc1ccc(S[CH]c2ccccc2)cc1. The molecule has 0 fully saturated rings.